The minimum Gasteiger partial charge on any atom is -0.370 e. The van der Waals surface area contributed by atoms with Crippen molar-refractivity contribution < 1.29 is 9.18 Å². The van der Waals surface area contributed by atoms with Gasteiger partial charge >= 0.3 is 0 Å². The van der Waals surface area contributed by atoms with E-state index in [4.69, 9.17) is 0 Å². The molecule has 4 heteroatoms. The number of nitrogens with one attached hydrogen (secondary N) is 2. The second kappa shape index (κ2) is 5.13. The van der Waals surface area contributed by atoms with E-state index in [0.717, 1.165) is 24.1 Å². The highest BCUT2D eigenvalue weighted by Gasteiger charge is 2.31. The maximum absolute atomic E-state index is 13.3. The minimum atomic E-state index is -0.455. The van der Waals surface area contributed by atoms with Gasteiger partial charge in [0, 0.05) is 16.9 Å². The van der Waals surface area contributed by atoms with Gasteiger partial charge in [-0.25, -0.2) is 4.39 Å². The van der Waals surface area contributed by atoms with Crippen LogP contribution in [0.25, 0.3) is 0 Å². The highest BCUT2D eigenvalue weighted by Crippen LogP contribution is 2.36. The highest BCUT2D eigenvalue weighted by atomic mass is 19.1. The Labute approximate surface area is 128 Å². The van der Waals surface area contributed by atoms with Crippen LogP contribution >= 0.6 is 0 Å². The van der Waals surface area contributed by atoms with Gasteiger partial charge in [-0.15, -0.1) is 0 Å². The van der Waals surface area contributed by atoms with E-state index >= 15 is 0 Å². The van der Waals surface area contributed by atoms with Crippen molar-refractivity contribution in [2.45, 2.75) is 31.7 Å². The van der Waals surface area contributed by atoms with E-state index in [1.807, 2.05) is 12.1 Å². The minimum absolute atomic E-state index is 0.131. The van der Waals surface area contributed by atoms with Crippen LogP contribution in [0.1, 0.15) is 35.6 Å². The topological polar surface area (TPSA) is 41.1 Å². The molecule has 0 saturated carbocycles. The number of halogens is 1. The molecule has 0 spiro atoms. The van der Waals surface area contributed by atoms with E-state index in [-0.39, 0.29) is 11.7 Å². The lowest BCUT2D eigenvalue weighted by Crippen LogP contribution is -2.21. The second-order valence-corrected chi connectivity index (χ2v) is 5.95. The summed E-state index contributed by atoms with van der Waals surface area (Å²) in [5, 5.41) is 6.11. The molecule has 0 bridgehead atoms. The summed E-state index contributed by atoms with van der Waals surface area (Å²) < 4.78 is 13.3. The van der Waals surface area contributed by atoms with Crippen molar-refractivity contribution in [1.82, 2.24) is 0 Å². The van der Waals surface area contributed by atoms with E-state index in [1.54, 1.807) is 6.07 Å². The molecule has 22 heavy (non-hydrogen) atoms. The number of hydrogen-bond donors (Lipinski definition) is 2. The summed E-state index contributed by atoms with van der Waals surface area (Å²) in [5.41, 5.74) is 5.08. The van der Waals surface area contributed by atoms with Crippen LogP contribution in [0.15, 0.2) is 36.4 Å². The average molecular weight is 296 g/mol. The molecule has 3 nitrogen and oxygen atoms in total. The van der Waals surface area contributed by atoms with Crippen LogP contribution in [0.4, 0.5) is 15.8 Å². The van der Waals surface area contributed by atoms with Crippen molar-refractivity contribution in [2.24, 2.45) is 0 Å². The predicted octanol–water partition coefficient (Wildman–Crippen LogP) is 3.81. The Bertz CT molecular complexity index is 757. The standard InChI is InChI=1S/C18H17FN2O/c19-12-8-9-14-16(10-12)21-18(22)17(14)20-15-7-3-5-11-4-1-2-6-13(11)15/h3,5,7-10,17,20H,1-2,4,6H2,(H,21,22). The molecule has 4 rings (SSSR count). The number of fused-ring (bicyclic) bond motifs is 2. The van der Waals surface area contributed by atoms with Crippen LogP contribution in [0.5, 0.6) is 0 Å². The number of amides is 1. The Morgan fingerprint density at radius 2 is 2.00 bits per heavy atom. The third kappa shape index (κ3) is 2.15. The summed E-state index contributed by atoms with van der Waals surface area (Å²) >= 11 is 0. The Hall–Kier alpha value is -2.36. The zero-order valence-corrected chi connectivity index (χ0v) is 12.2. The van der Waals surface area contributed by atoms with Gasteiger partial charge in [-0.1, -0.05) is 18.2 Å². The van der Waals surface area contributed by atoms with Gasteiger partial charge in [0.25, 0.3) is 5.91 Å². The number of anilines is 2. The van der Waals surface area contributed by atoms with Gasteiger partial charge in [0.1, 0.15) is 11.9 Å². The maximum Gasteiger partial charge on any atom is 0.251 e. The zero-order chi connectivity index (χ0) is 15.1. The molecule has 1 unspecified atom stereocenters. The molecule has 1 aliphatic carbocycles. The van der Waals surface area contributed by atoms with E-state index < -0.39 is 6.04 Å². The molecule has 1 heterocycles. The summed E-state index contributed by atoms with van der Waals surface area (Å²) in [5.74, 6) is -0.467. The first-order valence-electron chi connectivity index (χ1n) is 7.70. The van der Waals surface area contributed by atoms with E-state index in [0.29, 0.717) is 5.69 Å². The van der Waals surface area contributed by atoms with Gasteiger partial charge in [-0.2, -0.15) is 0 Å². The summed E-state index contributed by atoms with van der Waals surface area (Å²) in [7, 11) is 0. The average Bonchev–Trinajstić information content (AvgIpc) is 2.83. The van der Waals surface area contributed by atoms with Crippen molar-refractivity contribution in [1.29, 1.82) is 0 Å². The normalized spacial score (nSPS) is 19.3. The fourth-order valence-electron chi connectivity index (χ4n) is 3.45. The first-order chi connectivity index (χ1) is 10.7. The van der Waals surface area contributed by atoms with Crippen molar-refractivity contribution in [2.75, 3.05) is 10.6 Å². The number of benzene rings is 2. The molecule has 0 aromatic heterocycles. The van der Waals surface area contributed by atoms with Crippen molar-refractivity contribution in [3.63, 3.8) is 0 Å². The van der Waals surface area contributed by atoms with Crippen molar-refractivity contribution in [3.8, 4) is 0 Å². The van der Waals surface area contributed by atoms with E-state index in [1.165, 1.54) is 36.1 Å². The van der Waals surface area contributed by atoms with Crippen molar-refractivity contribution in [3.05, 3.63) is 58.9 Å². The monoisotopic (exact) mass is 296 g/mol. The summed E-state index contributed by atoms with van der Waals surface area (Å²) in [6.45, 7) is 0. The van der Waals surface area contributed by atoms with Crippen LogP contribution in [0.2, 0.25) is 0 Å². The Balaban J connectivity index is 1.69. The van der Waals surface area contributed by atoms with Gasteiger partial charge in [-0.3, -0.25) is 4.79 Å². The lowest BCUT2D eigenvalue weighted by atomic mass is 9.90. The highest BCUT2D eigenvalue weighted by molar-refractivity contribution is 6.04. The molecule has 1 atom stereocenters. The lowest BCUT2D eigenvalue weighted by Gasteiger charge is -2.22. The Morgan fingerprint density at radius 3 is 2.91 bits per heavy atom. The summed E-state index contributed by atoms with van der Waals surface area (Å²) in [4.78, 5) is 12.2. The largest absolute Gasteiger partial charge is 0.370 e. The third-order valence-electron chi connectivity index (χ3n) is 4.54. The quantitative estimate of drug-likeness (QED) is 0.885. The maximum atomic E-state index is 13.3. The van der Waals surface area contributed by atoms with Gasteiger partial charge in [-0.05, 0) is 55.0 Å². The Kier molecular flexibility index (Phi) is 3.10. The first kappa shape index (κ1) is 13.3. The van der Waals surface area contributed by atoms with Crippen LogP contribution in [0.3, 0.4) is 0 Å². The molecular formula is C18H17FN2O. The van der Waals surface area contributed by atoms with Crippen LogP contribution in [-0.4, -0.2) is 5.91 Å². The number of rotatable bonds is 2. The van der Waals surface area contributed by atoms with Gasteiger partial charge in [0.05, 0.1) is 0 Å². The van der Waals surface area contributed by atoms with Gasteiger partial charge in [0.2, 0.25) is 0 Å². The fraction of sp³-hybridized carbons (Fsp3) is 0.278. The zero-order valence-electron chi connectivity index (χ0n) is 12.2. The Morgan fingerprint density at radius 1 is 1.14 bits per heavy atom. The number of carbonyl (C=O) groups excluding carboxylic acids is 1. The molecule has 2 aliphatic rings. The molecular weight excluding hydrogens is 279 g/mol. The smallest absolute Gasteiger partial charge is 0.251 e. The van der Waals surface area contributed by atoms with Crippen LogP contribution in [0, 0.1) is 5.82 Å². The van der Waals surface area contributed by atoms with E-state index in [2.05, 4.69) is 16.7 Å². The van der Waals surface area contributed by atoms with Crippen molar-refractivity contribution >= 4 is 17.3 Å². The summed E-state index contributed by atoms with van der Waals surface area (Å²) in [6.07, 6.45) is 4.56. The molecule has 2 aromatic rings. The molecule has 1 aliphatic heterocycles. The third-order valence-corrected chi connectivity index (χ3v) is 4.54. The molecule has 0 saturated heterocycles. The molecule has 112 valence electrons. The molecule has 0 fully saturated rings. The van der Waals surface area contributed by atoms with Crippen LogP contribution in [-0.2, 0) is 17.6 Å². The van der Waals surface area contributed by atoms with Gasteiger partial charge < -0.3 is 10.6 Å². The molecule has 1 amide bonds. The van der Waals surface area contributed by atoms with Crippen LogP contribution < -0.4 is 10.6 Å². The van der Waals surface area contributed by atoms with E-state index in [9.17, 15) is 9.18 Å². The summed E-state index contributed by atoms with van der Waals surface area (Å²) in [6, 6.07) is 10.2. The number of hydrogen-bond acceptors (Lipinski definition) is 2. The fourth-order valence-corrected chi connectivity index (χ4v) is 3.45. The first-order valence-corrected chi connectivity index (χ1v) is 7.70. The number of aryl methyl sites for hydroxylation is 1. The number of carbonyl (C=O) groups is 1. The molecule has 2 N–H and O–H groups in total. The second-order valence-electron chi connectivity index (χ2n) is 5.95. The SMILES string of the molecule is O=C1Nc2cc(F)ccc2C1Nc1cccc2c1CCCC2. The lowest BCUT2D eigenvalue weighted by molar-refractivity contribution is -0.116. The molecule has 2 aromatic carbocycles. The molecule has 0 radical (unpaired) electrons. The predicted molar refractivity (Wildman–Crippen MR) is 84.5 cm³/mol. The van der Waals surface area contributed by atoms with Gasteiger partial charge in [0.15, 0.2) is 0 Å².